The van der Waals surface area contributed by atoms with Crippen molar-refractivity contribution < 1.29 is 4.92 Å². The Morgan fingerprint density at radius 2 is 2.35 bits per heavy atom. The van der Waals surface area contributed by atoms with Gasteiger partial charge in [0, 0.05) is 25.2 Å². The van der Waals surface area contributed by atoms with Crippen LogP contribution in [0.4, 0.5) is 5.69 Å². The number of hydrogen-bond acceptors (Lipinski definition) is 3. The van der Waals surface area contributed by atoms with Gasteiger partial charge in [-0.15, -0.1) is 0 Å². The summed E-state index contributed by atoms with van der Waals surface area (Å²) < 4.78 is 0. The number of nitrogens with zero attached hydrogens (tertiary/aromatic N) is 2. The van der Waals surface area contributed by atoms with Crippen LogP contribution in [0.1, 0.15) is 25.3 Å². The van der Waals surface area contributed by atoms with Crippen molar-refractivity contribution in [3.8, 4) is 0 Å². The van der Waals surface area contributed by atoms with Crippen molar-refractivity contribution >= 4 is 5.69 Å². The van der Waals surface area contributed by atoms with Crippen LogP contribution in [-0.2, 0) is 6.54 Å². The zero-order valence-corrected chi connectivity index (χ0v) is 10.1. The molecular formula is C13H18N2O2. The van der Waals surface area contributed by atoms with E-state index in [1.807, 2.05) is 6.07 Å². The number of benzene rings is 1. The van der Waals surface area contributed by atoms with Gasteiger partial charge in [0.1, 0.15) is 0 Å². The molecule has 0 aromatic heterocycles. The summed E-state index contributed by atoms with van der Waals surface area (Å²) in [6.07, 6.45) is 2.53. The van der Waals surface area contributed by atoms with Crippen LogP contribution in [0.5, 0.6) is 0 Å². The molecule has 4 heteroatoms. The average Bonchev–Trinajstić information content (AvgIpc) is 2.29. The Morgan fingerprint density at radius 1 is 1.53 bits per heavy atom. The molecule has 1 heterocycles. The molecule has 1 aromatic carbocycles. The van der Waals surface area contributed by atoms with Gasteiger partial charge >= 0.3 is 0 Å². The number of likely N-dealkylation sites (tertiary alicyclic amines) is 1. The number of hydrogen-bond donors (Lipinski definition) is 0. The highest BCUT2D eigenvalue weighted by Crippen LogP contribution is 2.19. The molecule has 0 bridgehead atoms. The molecule has 1 saturated heterocycles. The lowest BCUT2D eigenvalue weighted by atomic mass is 10.00. The molecule has 92 valence electrons. The van der Waals surface area contributed by atoms with Gasteiger partial charge in [-0.05, 0) is 30.9 Å². The number of nitro groups is 1. The molecule has 1 fully saturated rings. The molecule has 1 aliphatic rings. The maximum Gasteiger partial charge on any atom is 0.269 e. The number of non-ortho nitro benzene ring substituents is 1. The number of nitro benzene ring substituents is 1. The van der Waals surface area contributed by atoms with Crippen LogP contribution < -0.4 is 0 Å². The second kappa shape index (κ2) is 5.27. The van der Waals surface area contributed by atoms with Gasteiger partial charge in [-0.2, -0.15) is 0 Å². The second-order valence-corrected chi connectivity index (χ2v) is 4.91. The lowest BCUT2D eigenvalue weighted by Crippen LogP contribution is -2.33. The summed E-state index contributed by atoms with van der Waals surface area (Å²) in [5.74, 6) is 0.738. The fourth-order valence-corrected chi connectivity index (χ4v) is 2.46. The topological polar surface area (TPSA) is 46.4 Å². The van der Waals surface area contributed by atoms with Crippen LogP contribution in [-0.4, -0.2) is 22.9 Å². The Morgan fingerprint density at radius 3 is 3.06 bits per heavy atom. The van der Waals surface area contributed by atoms with E-state index in [-0.39, 0.29) is 10.6 Å². The molecule has 17 heavy (non-hydrogen) atoms. The third kappa shape index (κ3) is 3.27. The monoisotopic (exact) mass is 234 g/mol. The van der Waals surface area contributed by atoms with E-state index in [4.69, 9.17) is 0 Å². The second-order valence-electron chi connectivity index (χ2n) is 4.91. The van der Waals surface area contributed by atoms with Crippen molar-refractivity contribution in [1.29, 1.82) is 0 Å². The number of rotatable bonds is 3. The molecular weight excluding hydrogens is 216 g/mol. The van der Waals surface area contributed by atoms with Crippen molar-refractivity contribution in [1.82, 2.24) is 4.90 Å². The molecule has 0 unspecified atom stereocenters. The summed E-state index contributed by atoms with van der Waals surface area (Å²) in [5, 5.41) is 10.7. The Bertz CT molecular complexity index is 406. The minimum absolute atomic E-state index is 0.188. The summed E-state index contributed by atoms with van der Waals surface area (Å²) in [6, 6.07) is 6.95. The van der Waals surface area contributed by atoms with Crippen LogP contribution in [0.25, 0.3) is 0 Å². The molecule has 0 spiro atoms. The summed E-state index contributed by atoms with van der Waals surface area (Å²) in [6.45, 7) is 5.29. The maximum atomic E-state index is 10.7. The Labute approximate surface area is 101 Å². The van der Waals surface area contributed by atoms with Crippen molar-refractivity contribution in [2.45, 2.75) is 26.3 Å². The van der Waals surface area contributed by atoms with Gasteiger partial charge in [-0.25, -0.2) is 0 Å². The normalized spacial score (nSPS) is 21.4. The van der Waals surface area contributed by atoms with E-state index in [1.54, 1.807) is 18.2 Å². The third-order valence-corrected chi connectivity index (χ3v) is 3.27. The molecule has 1 atom stereocenters. The lowest BCUT2D eigenvalue weighted by molar-refractivity contribution is -0.384. The zero-order chi connectivity index (χ0) is 12.3. The van der Waals surface area contributed by atoms with Crippen molar-refractivity contribution in [3.05, 3.63) is 39.9 Å². The van der Waals surface area contributed by atoms with Gasteiger partial charge in [0.15, 0.2) is 0 Å². The number of piperidine rings is 1. The quantitative estimate of drug-likeness (QED) is 0.596. The van der Waals surface area contributed by atoms with Gasteiger partial charge in [-0.1, -0.05) is 19.1 Å². The van der Waals surface area contributed by atoms with Gasteiger partial charge in [0.25, 0.3) is 5.69 Å². The van der Waals surface area contributed by atoms with Gasteiger partial charge in [-0.3, -0.25) is 15.0 Å². The first kappa shape index (κ1) is 12.0. The molecule has 4 nitrogen and oxygen atoms in total. The highest BCUT2D eigenvalue weighted by Gasteiger charge is 2.16. The first-order valence-electron chi connectivity index (χ1n) is 6.11. The van der Waals surface area contributed by atoms with E-state index in [2.05, 4.69) is 11.8 Å². The Kier molecular flexibility index (Phi) is 3.74. The van der Waals surface area contributed by atoms with Crippen molar-refractivity contribution in [3.63, 3.8) is 0 Å². The van der Waals surface area contributed by atoms with E-state index in [1.165, 1.54) is 12.8 Å². The van der Waals surface area contributed by atoms with Crippen LogP contribution in [0, 0.1) is 16.0 Å². The Hall–Kier alpha value is -1.42. The SMILES string of the molecule is C[C@H]1CCCN(Cc2cccc([N+](=O)[O-])c2)C1. The molecule has 0 aliphatic carbocycles. The van der Waals surface area contributed by atoms with E-state index in [0.717, 1.165) is 31.1 Å². The summed E-state index contributed by atoms with van der Waals surface area (Å²) in [4.78, 5) is 12.7. The van der Waals surface area contributed by atoms with Gasteiger partial charge in [0.05, 0.1) is 4.92 Å². The molecule has 0 N–H and O–H groups in total. The molecule has 1 aromatic rings. The summed E-state index contributed by atoms with van der Waals surface area (Å²) in [7, 11) is 0. The predicted octanol–water partition coefficient (Wildman–Crippen LogP) is 2.83. The maximum absolute atomic E-state index is 10.7. The van der Waals surface area contributed by atoms with Crippen LogP contribution in [0.3, 0.4) is 0 Å². The summed E-state index contributed by atoms with van der Waals surface area (Å²) in [5.41, 5.74) is 1.22. The predicted molar refractivity (Wildman–Crippen MR) is 66.8 cm³/mol. The van der Waals surface area contributed by atoms with E-state index >= 15 is 0 Å². The fraction of sp³-hybridized carbons (Fsp3) is 0.538. The van der Waals surface area contributed by atoms with Gasteiger partial charge < -0.3 is 0 Å². The Balaban J connectivity index is 2.02. The lowest BCUT2D eigenvalue weighted by Gasteiger charge is -2.30. The van der Waals surface area contributed by atoms with Crippen LogP contribution in [0.2, 0.25) is 0 Å². The largest absolute Gasteiger partial charge is 0.299 e. The molecule has 2 rings (SSSR count). The van der Waals surface area contributed by atoms with Gasteiger partial charge in [0.2, 0.25) is 0 Å². The summed E-state index contributed by atoms with van der Waals surface area (Å²) >= 11 is 0. The highest BCUT2D eigenvalue weighted by molar-refractivity contribution is 5.34. The standard InChI is InChI=1S/C13H18N2O2/c1-11-4-3-7-14(9-11)10-12-5-2-6-13(8-12)15(16)17/h2,5-6,8,11H,3-4,7,9-10H2,1H3/t11-/m0/s1. The van der Waals surface area contributed by atoms with Crippen LogP contribution in [0.15, 0.2) is 24.3 Å². The smallest absolute Gasteiger partial charge is 0.269 e. The third-order valence-electron chi connectivity index (χ3n) is 3.27. The molecule has 0 saturated carbocycles. The van der Waals surface area contributed by atoms with Crippen molar-refractivity contribution in [2.24, 2.45) is 5.92 Å². The van der Waals surface area contributed by atoms with E-state index in [0.29, 0.717) is 0 Å². The first-order chi connectivity index (χ1) is 8.15. The molecule has 0 radical (unpaired) electrons. The van der Waals surface area contributed by atoms with Crippen molar-refractivity contribution in [2.75, 3.05) is 13.1 Å². The highest BCUT2D eigenvalue weighted by atomic mass is 16.6. The van der Waals surface area contributed by atoms with E-state index < -0.39 is 0 Å². The fourth-order valence-electron chi connectivity index (χ4n) is 2.46. The average molecular weight is 234 g/mol. The van der Waals surface area contributed by atoms with Crippen LogP contribution >= 0.6 is 0 Å². The minimum Gasteiger partial charge on any atom is -0.299 e. The first-order valence-corrected chi connectivity index (χ1v) is 6.11. The van der Waals surface area contributed by atoms with E-state index in [9.17, 15) is 10.1 Å². The zero-order valence-electron chi connectivity index (χ0n) is 10.1. The molecule has 0 amide bonds. The minimum atomic E-state index is -0.331. The molecule has 1 aliphatic heterocycles.